The average Bonchev–Trinajstić information content (AvgIpc) is 2.78. The largest absolute Gasteiger partial charge is 0.365 e. The minimum atomic E-state index is -3.98. The Morgan fingerprint density at radius 2 is 2.20 bits per heavy atom. The lowest BCUT2D eigenvalue weighted by atomic mass is 10.0. The van der Waals surface area contributed by atoms with E-state index in [1.54, 1.807) is 6.92 Å². The number of hydrogen-bond donors (Lipinski definition) is 2. The van der Waals surface area contributed by atoms with Crippen molar-refractivity contribution in [3.63, 3.8) is 0 Å². The van der Waals surface area contributed by atoms with Crippen LogP contribution in [-0.2, 0) is 19.6 Å². The zero-order chi connectivity index (χ0) is 15.0. The zero-order valence-electron chi connectivity index (χ0n) is 10.8. The molecule has 1 saturated heterocycles. The third kappa shape index (κ3) is 2.97. The summed E-state index contributed by atoms with van der Waals surface area (Å²) in [6.07, 6.45) is 1.31. The maximum Gasteiger partial charge on any atom is 0.256 e. The summed E-state index contributed by atoms with van der Waals surface area (Å²) >= 11 is 0. The van der Waals surface area contributed by atoms with Gasteiger partial charge in [-0.05, 0) is 38.0 Å². The predicted octanol–water partition coefficient (Wildman–Crippen LogP) is 0.981. The third-order valence-electron chi connectivity index (χ3n) is 3.22. The van der Waals surface area contributed by atoms with Gasteiger partial charge in [-0.25, -0.2) is 17.9 Å². The van der Waals surface area contributed by atoms with Crippen LogP contribution in [0.5, 0.6) is 0 Å². The van der Waals surface area contributed by atoms with Gasteiger partial charge in [0.15, 0.2) is 0 Å². The molecule has 1 heterocycles. The maximum atomic E-state index is 13.8. The normalized spacial score (nSPS) is 22.8. The van der Waals surface area contributed by atoms with Gasteiger partial charge in [0.25, 0.3) is 5.91 Å². The lowest BCUT2D eigenvalue weighted by molar-refractivity contribution is -0.133. The number of primary sulfonamides is 1. The Bertz CT molecular complexity index is 639. The van der Waals surface area contributed by atoms with Gasteiger partial charge in [-0.1, -0.05) is 0 Å². The first-order valence-electron chi connectivity index (χ1n) is 6.00. The van der Waals surface area contributed by atoms with Gasteiger partial charge >= 0.3 is 0 Å². The van der Waals surface area contributed by atoms with E-state index in [1.807, 2.05) is 0 Å². The topological polar surface area (TPSA) is 98.5 Å². The number of rotatable bonds is 3. The molecule has 1 aliphatic heterocycles. The van der Waals surface area contributed by atoms with Crippen LogP contribution in [0.2, 0.25) is 0 Å². The van der Waals surface area contributed by atoms with Crippen LogP contribution in [0.4, 0.5) is 10.1 Å². The molecular weight excluding hydrogens is 287 g/mol. The highest BCUT2D eigenvalue weighted by molar-refractivity contribution is 7.89. The molecule has 0 radical (unpaired) electrons. The highest BCUT2D eigenvalue weighted by Crippen LogP contribution is 2.27. The number of hydrogen-bond acceptors (Lipinski definition) is 4. The number of sulfonamides is 1. The minimum absolute atomic E-state index is 0.112. The predicted molar refractivity (Wildman–Crippen MR) is 70.0 cm³/mol. The van der Waals surface area contributed by atoms with E-state index < -0.39 is 27.3 Å². The van der Waals surface area contributed by atoms with Crippen LogP contribution in [0, 0.1) is 5.82 Å². The third-order valence-corrected chi connectivity index (χ3v) is 4.13. The summed E-state index contributed by atoms with van der Waals surface area (Å²) in [5.41, 5.74) is -1.09. The maximum absolute atomic E-state index is 13.8. The van der Waals surface area contributed by atoms with Gasteiger partial charge in [0.2, 0.25) is 10.0 Å². The van der Waals surface area contributed by atoms with E-state index >= 15 is 0 Å². The molecule has 1 atom stereocenters. The zero-order valence-corrected chi connectivity index (χ0v) is 11.7. The molecule has 0 aliphatic carbocycles. The first-order chi connectivity index (χ1) is 9.22. The van der Waals surface area contributed by atoms with Crippen LogP contribution in [0.25, 0.3) is 0 Å². The Balaban J connectivity index is 2.20. The fourth-order valence-corrected chi connectivity index (χ4v) is 2.51. The summed E-state index contributed by atoms with van der Waals surface area (Å²) in [6.45, 7) is 2.11. The lowest BCUT2D eigenvalue weighted by Crippen LogP contribution is -2.39. The van der Waals surface area contributed by atoms with E-state index in [0.717, 1.165) is 24.6 Å². The van der Waals surface area contributed by atoms with Crippen LogP contribution >= 0.6 is 0 Å². The average molecular weight is 302 g/mol. The van der Waals surface area contributed by atoms with Crippen molar-refractivity contribution in [3.8, 4) is 0 Å². The standard InChI is InChI=1S/C12H15FN2O4S/c1-12(5-2-6-19-12)11(16)15-10-4-3-8(7-9(10)13)20(14,17)18/h3-4,7H,2,5-6H2,1H3,(H,15,16)(H2,14,17,18). The van der Waals surface area contributed by atoms with Gasteiger partial charge in [0.1, 0.15) is 11.4 Å². The molecule has 0 aromatic heterocycles. The number of nitrogens with two attached hydrogens (primary N) is 1. The number of nitrogens with one attached hydrogen (secondary N) is 1. The second-order valence-electron chi connectivity index (χ2n) is 4.82. The van der Waals surface area contributed by atoms with Crippen molar-refractivity contribution in [2.24, 2.45) is 5.14 Å². The van der Waals surface area contributed by atoms with E-state index in [0.29, 0.717) is 13.0 Å². The fraction of sp³-hybridized carbons (Fsp3) is 0.417. The molecule has 2 rings (SSSR count). The van der Waals surface area contributed by atoms with Gasteiger partial charge in [-0.15, -0.1) is 0 Å². The second-order valence-corrected chi connectivity index (χ2v) is 6.39. The van der Waals surface area contributed by atoms with Crippen molar-refractivity contribution in [1.29, 1.82) is 0 Å². The molecule has 1 aliphatic rings. The summed E-state index contributed by atoms with van der Waals surface area (Å²) in [5.74, 6) is -1.33. The minimum Gasteiger partial charge on any atom is -0.365 e. The van der Waals surface area contributed by atoms with Gasteiger partial charge in [0.05, 0.1) is 10.6 Å². The van der Waals surface area contributed by atoms with Gasteiger partial charge in [-0.3, -0.25) is 4.79 Å². The smallest absolute Gasteiger partial charge is 0.256 e. The molecule has 110 valence electrons. The second kappa shape index (κ2) is 5.12. The SMILES string of the molecule is CC1(C(=O)Nc2ccc(S(N)(=O)=O)cc2F)CCCO1. The number of halogens is 1. The fourth-order valence-electron chi connectivity index (χ4n) is 1.99. The molecule has 1 aromatic rings. The lowest BCUT2D eigenvalue weighted by Gasteiger charge is -2.22. The van der Waals surface area contributed by atoms with Crippen molar-refractivity contribution in [1.82, 2.24) is 0 Å². The Morgan fingerprint density at radius 3 is 2.70 bits per heavy atom. The van der Waals surface area contributed by atoms with Crippen LogP contribution < -0.4 is 10.5 Å². The highest BCUT2D eigenvalue weighted by atomic mass is 32.2. The van der Waals surface area contributed by atoms with E-state index in [4.69, 9.17) is 9.88 Å². The van der Waals surface area contributed by atoms with E-state index in [2.05, 4.69) is 5.32 Å². The van der Waals surface area contributed by atoms with E-state index in [9.17, 15) is 17.6 Å². The molecule has 1 amide bonds. The molecule has 20 heavy (non-hydrogen) atoms. The quantitative estimate of drug-likeness (QED) is 0.869. The summed E-state index contributed by atoms with van der Waals surface area (Å²) in [6, 6.07) is 3.06. The van der Waals surface area contributed by atoms with Crippen molar-refractivity contribution in [3.05, 3.63) is 24.0 Å². The molecule has 0 saturated carbocycles. The van der Waals surface area contributed by atoms with Crippen molar-refractivity contribution < 1.29 is 22.3 Å². The first kappa shape index (κ1) is 14.9. The van der Waals surface area contributed by atoms with E-state index in [-0.39, 0.29) is 10.6 Å². The molecule has 6 nitrogen and oxygen atoms in total. The number of benzene rings is 1. The molecule has 0 bridgehead atoms. The molecule has 1 aromatic carbocycles. The Morgan fingerprint density at radius 1 is 1.50 bits per heavy atom. The molecule has 1 unspecified atom stereocenters. The summed E-state index contributed by atoms with van der Waals surface area (Å²) in [7, 11) is -3.98. The van der Waals surface area contributed by atoms with Gasteiger partial charge < -0.3 is 10.1 Å². The monoisotopic (exact) mass is 302 g/mol. The van der Waals surface area contributed by atoms with Gasteiger partial charge in [-0.2, -0.15) is 0 Å². The molecule has 8 heteroatoms. The number of carbonyl (C=O) groups is 1. The van der Waals surface area contributed by atoms with Crippen molar-refractivity contribution >= 4 is 21.6 Å². The summed E-state index contributed by atoms with van der Waals surface area (Å²) in [5, 5.41) is 7.29. The number of anilines is 1. The molecule has 0 spiro atoms. The number of carbonyl (C=O) groups excluding carboxylic acids is 1. The van der Waals surface area contributed by atoms with Crippen LogP contribution in [0.1, 0.15) is 19.8 Å². The molecular formula is C12H15FN2O4S. The van der Waals surface area contributed by atoms with Crippen molar-refractivity contribution in [2.75, 3.05) is 11.9 Å². The van der Waals surface area contributed by atoms with Crippen LogP contribution in [-0.4, -0.2) is 26.5 Å². The Labute approximate surface area is 116 Å². The molecule has 3 N–H and O–H groups in total. The first-order valence-corrected chi connectivity index (χ1v) is 7.55. The summed E-state index contributed by atoms with van der Waals surface area (Å²) in [4.78, 5) is 11.7. The Hall–Kier alpha value is -1.51. The number of ether oxygens (including phenoxy) is 1. The van der Waals surface area contributed by atoms with Crippen LogP contribution in [0.3, 0.4) is 0 Å². The van der Waals surface area contributed by atoms with Gasteiger partial charge in [0, 0.05) is 6.61 Å². The Kier molecular flexibility index (Phi) is 3.81. The number of amides is 1. The van der Waals surface area contributed by atoms with Crippen LogP contribution in [0.15, 0.2) is 23.1 Å². The van der Waals surface area contributed by atoms with Crippen molar-refractivity contribution in [2.45, 2.75) is 30.3 Å². The summed E-state index contributed by atoms with van der Waals surface area (Å²) < 4.78 is 41.3. The highest BCUT2D eigenvalue weighted by Gasteiger charge is 2.38. The van der Waals surface area contributed by atoms with E-state index in [1.165, 1.54) is 0 Å². The molecule has 1 fully saturated rings.